The van der Waals surface area contributed by atoms with E-state index >= 15 is 0 Å². The number of benzene rings is 1. The van der Waals surface area contributed by atoms with Crippen molar-refractivity contribution in [1.29, 1.82) is 0 Å². The molecule has 0 radical (unpaired) electrons. The van der Waals surface area contributed by atoms with Crippen LogP contribution in [0.15, 0.2) is 30.3 Å². The van der Waals surface area contributed by atoms with Crippen molar-refractivity contribution >= 4 is 17.7 Å². The first-order valence-corrected chi connectivity index (χ1v) is 11.0. The van der Waals surface area contributed by atoms with Gasteiger partial charge in [-0.1, -0.05) is 23.4 Å². The molecule has 0 N–H and O–H groups in total. The molecule has 3 heterocycles. The molecule has 1 aromatic carbocycles. The highest BCUT2D eigenvalue weighted by Crippen LogP contribution is 2.42. The summed E-state index contributed by atoms with van der Waals surface area (Å²) in [6, 6.07) is 9.73. The number of likely N-dealkylation sites (tertiary alicyclic amines) is 1. The first kappa shape index (κ1) is 19.7. The lowest BCUT2D eigenvalue weighted by Gasteiger charge is -2.34. The predicted octanol–water partition coefficient (Wildman–Crippen LogP) is 1.05. The van der Waals surface area contributed by atoms with Crippen LogP contribution in [0.5, 0.6) is 0 Å². The predicted molar refractivity (Wildman–Crippen MR) is 112 cm³/mol. The molecular formula is C22H26N6O3. The average molecular weight is 422 g/mol. The van der Waals surface area contributed by atoms with Crippen molar-refractivity contribution < 1.29 is 14.4 Å². The molecule has 1 aliphatic carbocycles. The average Bonchev–Trinajstić information content (AvgIpc) is 3.33. The van der Waals surface area contributed by atoms with Crippen molar-refractivity contribution in [1.82, 2.24) is 29.7 Å². The maximum atomic E-state index is 13.2. The van der Waals surface area contributed by atoms with E-state index < -0.39 is 11.8 Å². The van der Waals surface area contributed by atoms with Crippen LogP contribution in [-0.4, -0.2) is 86.7 Å². The minimum Gasteiger partial charge on any atom is -0.334 e. The van der Waals surface area contributed by atoms with Gasteiger partial charge in [0.1, 0.15) is 0 Å². The number of hydrogen-bond acceptors (Lipinski definition) is 5. The Bertz CT molecular complexity index is 986. The Morgan fingerprint density at radius 1 is 0.774 bits per heavy atom. The lowest BCUT2D eigenvalue weighted by Crippen LogP contribution is -2.54. The van der Waals surface area contributed by atoms with Crippen LogP contribution in [0.25, 0.3) is 5.69 Å². The first-order valence-electron chi connectivity index (χ1n) is 11.0. The molecule has 9 nitrogen and oxygen atoms in total. The Kier molecular flexibility index (Phi) is 5.17. The molecule has 3 aliphatic rings. The fraction of sp³-hybridized carbons (Fsp3) is 0.500. The van der Waals surface area contributed by atoms with Crippen LogP contribution in [0.2, 0.25) is 0 Å². The SMILES string of the molecule is O=C(C(=O)N1CCN(C(=O)c2nnn(-c3ccccc3)c2C2CC2)CC1)N1CCCC1. The van der Waals surface area contributed by atoms with Gasteiger partial charge in [-0.15, -0.1) is 5.10 Å². The highest BCUT2D eigenvalue weighted by atomic mass is 16.2. The summed E-state index contributed by atoms with van der Waals surface area (Å²) < 4.78 is 1.78. The summed E-state index contributed by atoms with van der Waals surface area (Å²) in [5.74, 6) is -0.723. The van der Waals surface area contributed by atoms with Gasteiger partial charge in [0.25, 0.3) is 5.91 Å². The molecule has 2 saturated heterocycles. The van der Waals surface area contributed by atoms with E-state index in [1.807, 2.05) is 30.3 Å². The summed E-state index contributed by atoms with van der Waals surface area (Å²) in [6.07, 6.45) is 3.96. The molecule has 0 spiro atoms. The summed E-state index contributed by atoms with van der Waals surface area (Å²) in [7, 11) is 0. The molecule has 0 bridgehead atoms. The Balaban J connectivity index is 1.27. The molecule has 1 aromatic heterocycles. The maximum Gasteiger partial charge on any atom is 0.312 e. The largest absolute Gasteiger partial charge is 0.334 e. The van der Waals surface area contributed by atoms with Gasteiger partial charge in [0.2, 0.25) is 0 Å². The molecule has 162 valence electrons. The third-order valence-corrected chi connectivity index (χ3v) is 6.30. The normalized spacial score (nSPS) is 19.0. The van der Waals surface area contributed by atoms with E-state index in [2.05, 4.69) is 10.3 Å². The Morgan fingerprint density at radius 2 is 1.35 bits per heavy atom. The number of nitrogens with zero attached hydrogens (tertiary/aromatic N) is 6. The second-order valence-corrected chi connectivity index (χ2v) is 8.43. The Hall–Kier alpha value is -3.23. The zero-order chi connectivity index (χ0) is 21.4. The van der Waals surface area contributed by atoms with Crippen molar-refractivity contribution in [2.45, 2.75) is 31.6 Å². The molecule has 1 saturated carbocycles. The molecule has 3 amide bonds. The van der Waals surface area contributed by atoms with Crippen molar-refractivity contribution in [2.75, 3.05) is 39.3 Å². The van der Waals surface area contributed by atoms with E-state index in [9.17, 15) is 14.4 Å². The molecule has 0 atom stereocenters. The fourth-order valence-electron chi connectivity index (χ4n) is 4.38. The lowest BCUT2D eigenvalue weighted by molar-refractivity contribution is -0.152. The zero-order valence-corrected chi connectivity index (χ0v) is 17.4. The minimum atomic E-state index is -0.456. The third-order valence-electron chi connectivity index (χ3n) is 6.30. The number of aromatic nitrogens is 3. The maximum absolute atomic E-state index is 13.2. The molecule has 31 heavy (non-hydrogen) atoms. The van der Waals surface area contributed by atoms with Gasteiger partial charge >= 0.3 is 11.8 Å². The number of hydrogen-bond donors (Lipinski definition) is 0. The highest BCUT2D eigenvalue weighted by molar-refractivity contribution is 6.35. The Labute approximate surface area is 180 Å². The van der Waals surface area contributed by atoms with E-state index in [1.165, 1.54) is 0 Å². The van der Waals surface area contributed by atoms with Gasteiger partial charge in [0.15, 0.2) is 5.69 Å². The monoisotopic (exact) mass is 422 g/mol. The lowest BCUT2D eigenvalue weighted by atomic mass is 10.1. The van der Waals surface area contributed by atoms with E-state index in [1.54, 1.807) is 19.4 Å². The van der Waals surface area contributed by atoms with Gasteiger partial charge in [-0.05, 0) is 37.8 Å². The standard InChI is InChI=1S/C22H26N6O3/c29-20(18-19(16-8-9-16)28(24-23-18)17-6-2-1-3-7-17)26-12-14-27(15-13-26)22(31)21(30)25-10-4-5-11-25/h1-3,6-7,16H,4-5,8-15H2. The van der Waals surface area contributed by atoms with Crippen LogP contribution in [0.3, 0.4) is 0 Å². The van der Waals surface area contributed by atoms with Crippen LogP contribution in [-0.2, 0) is 9.59 Å². The number of carbonyl (C=O) groups excluding carboxylic acids is 3. The van der Waals surface area contributed by atoms with Crippen LogP contribution < -0.4 is 0 Å². The quantitative estimate of drug-likeness (QED) is 0.690. The molecule has 5 rings (SSSR count). The summed E-state index contributed by atoms with van der Waals surface area (Å²) >= 11 is 0. The molecule has 0 unspecified atom stereocenters. The van der Waals surface area contributed by atoms with Gasteiger partial charge < -0.3 is 14.7 Å². The van der Waals surface area contributed by atoms with E-state index in [4.69, 9.17) is 0 Å². The van der Waals surface area contributed by atoms with Crippen LogP contribution in [0.4, 0.5) is 0 Å². The number of piperazine rings is 1. The highest BCUT2D eigenvalue weighted by Gasteiger charge is 2.37. The summed E-state index contributed by atoms with van der Waals surface area (Å²) in [4.78, 5) is 43.1. The first-order chi connectivity index (χ1) is 15.1. The van der Waals surface area contributed by atoms with Gasteiger partial charge in [-0.2, -0.15) is 0 Å². The second-order valence-electron chi connectivity index (χ2n) is 8.43. The number of para-hydroxylation sites is 1. The van der Waals surface area contributed by atoms with Crippen LogP contribution >= 0.6 is 0 Å². The molecular weight excluding hydrogens is 396 g/mol. The van der Waals surface area contributed by atoms with Gasteiger partial charge in [-0.25, -0.2) is 4.68 Å². The summed E-state index contributed by atoms with van der Waals surface area (Å²) in [5.41, 5.74) is 2.17. The van der Waals surface area contributed by atoms with Crippen molar-refractivity contribution in [3.63, 3.8) is 0 Å². The van der Waals surface area contributed by atoms with Gasteiger partial charge in [0.05, 0.1) is 11.4 Å². The molecule has 9 heteroatoms. The van der Waals surface area contributed by atoms with Gasteiger partial charge in [-0.3, -0.25) is 14.4 Å². The molecule has 3 fully saturated rings. The minimum absolute atomic E-state index is 0.151. The van der Waals surface area contributed by atoms with Crippen LogP contribution in [0.1, 0.15) is 47.8 Å². The van der Waals surface area contributed by atoms with Gasteiger partial charge in [0, 0.05) is 45.2 Å². The Morgan fingerprint density at radius 3 is 1.97 bits per heavy atom. The summed E-state index contributed by atoms with van der Waals surface area (Å²) in [5, 5.41) is 8.52. The fourth-order valence-corrected chi connectivity index (χ4v) is 4.38. The van der Waals surface area contributed by atoms with Crippen LogP contribution in [0, 0.1) is 0 Å². The number of amides is 3. The van der Waals surface area contributed by atoms with Crippen molar-refractivity contribution in [3.8, 4) is 5.69 Å². The zero-order valence-electron chi connectivity index (χ0n) is 17.4. The topological polar surface area (TPSA) is 91.6 Å². The van der Waals surface area contributed by atoms with E-state index in [0.29, 0.717) is 50.9 Å². The number of carbonyl (C=O) groups is 3. The number of rotatable bonds is 3. The van der Waals surface area contributed by atoms with E-state index in [0.717, 1.165) is 37.1 Å². The third kappa shape index (κ3) is 3.80. The second kappa shape index (κ2) is 8.13. The smallest absolute Gasteiger partial charge is 0.312 e. The van der Waals surface area contributed by atoms with Crippen molar-refractivity contribution in [3.05, 3.63) is 41.7 Å². The van der Waals surface area contributed by atoms with Crippen molar-refractivity contribution in [2.24, 2.45) is 0 Å². The molecule has 2 aromatic rings. The molecule has 2 aliphatic heterocycles. The summed E-state index contributed by atoms with van der Waals surface area (Å²) in [6.45, 7) is 2.81. The van der Waals surface area contributed by atoms with E-state index in [-0.39, 0.29) is 5.91 Å².